The number of amidine groups is 1. The molecule has 0 bridgehead atoms. The maximum atomic E-state index is 11.1. The first-order valence-corrected chi connectivity index (χ1v) is 7.30. The second kappa shape index (κ2) is 12.3. The predicted octanol–water partition coefficient (Wildman–Crippen LogP) is 2.74. The molecule has 0 atom stereocenters. The van der Waals surface area contributed by atoms with E-state index >= 15 is 0 Å². The number of hydrogen-bond donors (Lipinski definition) is 2. The lowest BCUT2D eigenvalue weighted by molar-refractivity contribution is -0.384. The highest BCUT2D eigenvalue weighted by Gasteiger charge is 2.18. The van der Waals surface area contributed by atoms with Crippen molar-refractivity contribution in [3.05, 3.63) is 52.3 Å². The second-order valence-corrected chi connectivity index (χ2v) is 5.40. The standard InChI is InChI=1S/C16H20N4O3.2ClH.H2O/c1-19(2)11-5-10-18-16(17)15-9-8-14(23-15)12-6-3-4-7-13(12)20(21)22;;;/h3-4,6-9H,5,10-11H2,1-2H3,(H2,17,18);2*1H;1H2. The fourth-order valence-corrected chi connectivity index (χ4v) is 2.15. The number of benzene rings is 1. The molecule has 8 nitrogen and oxygen atoms in total. The SMILES string of the molecule is CN(C)CCCNC(=N)c1ccc(-c2ccccc2[N+](=O)[O-])o1.Cl.Cl.O. The third kappa shape index (κ3) is 7.01. The van der Waals surface area contributed by atoms with Gasteiger partial charge in [0.25, 0.3) is 5.69 Å². The number of nitro benzene ring substituents is 1. The summed E-state index contributed by atoms with van der Waals surface area (Å²) in [5.41, 5.74) is 0.392. The zero-order valence-corrected chi connectivity index (χ0v) is 16.2. The number of nitrogens with zero attached hydrogens (tertiary/aromatic N) is 2. The number of para-hydroxylation sites is 1. The Hall–Kier alpha value is -2.13. The van der Waals surface area contributed by atoms with E-state index in [2.05, 4.69) is 10.2 Å². The molecule has 0 aliphatic heterocycles. The zero-order chi connectivity index (χ0) is 16.8. The van der Waals surface area contributed by atoms with Crippen molar-refractivity contribution in [1.29, 1.82) is 5.41 Å². The van der Waals surface area contributed by atoms with Crippen molar-refractivity contribution in [3.63, 3.8) is 0 Å². The monoisotopic (exact) mass is 406 g/mol. The van der Waals surface area contributed by atoms with Gasteiger partial charge < -0.3 is 20.1 Å². The van der Waals surface area contributed by atoms with Gasteiger partial charge in [-0.2, -0.15) is 0 Å². The summed E-state index contributed by atoms with van der Waals surface area (Å²) in [4.78, 5) is 12.7. The van der Waals surface area contributed by atoms with Crippen LogP contribution in [0.4, 0.5) is 5.69 Å². The fourth-order valence-electron chi connectivity index (χ4n) is 2.15. The normalized spacial score (nSPS) is 9.50. The summed E-state index contributed by atoms with van der Waals surface area (Å²) in [5.74, 6) is 0.920. The highest BCUT2D eigenvalue weighted by molar-refractivity contribution is 5.94. The Bertz CT molecular complexity index is 707. The van der Waals surface area contributed by atoms with Gasteiger partial charge >= 0.3 is 0 Å². The Morgan fingerprint density at radius 2 is 1.88 bits per heavy atom. The molecule has 0 spiro atoms. The third-order valence-corrected chi connectivity index (χ3v) is 3.30. The number of nitro groups is 1. The molecule has 2 aromatic rings. The number of halogens is 2. The molecule has 1 heterocycles. The number of hydrogen-bond acceptors (Lipinski definition) is 5. The van der Waals surface area contributed by atoms with E-state index in [1.54, 1.807) is 30.3 Å². The molecule has 0 radical (unpaired) electrons. The lowest BCUT2D eigenvalue weighted by atomic mass is 10.1. The van der Waals surface area contributed by atoms with Gasteiger partial charge in [-0.15, -0.1) is 24.8 Å². The van der Waals surface area contributed by atoms with Gasteiger partial charge in [0.1, 0.15) is 5.76 Å². The molecule has 0 saturated carbocycles. The molecule has 2 rings (SSSR count). The maximum Gasteiger partial charge on any atom is 0.280 e. The smallest absolute Gasteiger partial charge is 0.280 e. The lowest BCUT2D eigenvalue weighted by Gasteiger charge is -2.10. The van der Waals surface area contributed by atoms with Crippen LogP contribution >= 0.6 is 24.8 Å². The first-order chi connectivity index (χ1) is 11.0. The summed E-state index contributed by atoms with van der Waals surface area (Å²) in [6.07, 6.45) is 0.910. The van der Waals surface area contributed by atoms with E-state index in [-0.39, 0.29) is 41.8 Å². The van der Waals surface area contributed by atoms with Gasteiger partial charge in [0, 0.05) is 12.6 Å². The van der Waals surface area contributed by atoms with E-state index in [9.17, 15) is 10.1 Å². The minimum absolute atomic E-state index is 0. The van der Waals surface area contributed by atoms with Crippen molar-refractivity contribution >= 4 is 36.3 Å². The van der Waals surface area contributed by atoms with E-state index in [1.165, 1.54) is 6.07 Å². The van der Waals surface area contributed by atoms with Gasteiger partial charge in [-0.1, -0.05) is 12.1 Å². The molecule has 146 valence electrons. The van der Waals surface area contributed by atoms with Crippen LogP contribution in [-0.2, 0) is 0 Å². The molecule has 0 aliphatic rings. The molecule has 0 amide bonds. The molecule has 4 N–H and O–H groups in total. The van der Waals surface area contributed by atoms with Crippen LogP contribution in [0.2, 0.25) is 0 Å². The minimum Gasteiger partial charge on any atom is -0.453 e. The molecular weight excluding hydrogens is 383 g/mol. The van der Waals surface area contributed by atoms with Crippen LogP contribution in [0, 0.1) is 15.5 Å². The van der Waals surface area contributed by atoms with E-state index in [1.807, 2.05) is 14.1 Å². The molecule has 0 fully saturated rings. The fraction of sp³-hybridized carbons (Fsp3) is 0.312. The van der Waals surface area contributed by atoms with Crippen LogP contribution in [0.3, 0.4) is 0 Å². The molecule has 26 heavy (non-hydrogen) atoms. The average molecular weight is 407 g/mol. The van der Waals surface area contributed by atoms with Crippen molar-refractivity contribution in [2.24, 2.45) is 0 Å². The van der Waals surface area contributed by atoms with Gasteiger partial charge in [0.2, 0.25) is 0 Å². The van der Waals surface area contributed by atoms with Crippen molar-refractivity contribution < 1.29 is 14.8 Å². The highest BCUT2D eigenvalue weighted by Crippen LogP contribution is 2.30. The Morgan fingerprint density at radius 3 is 2.50 bits per heavy atom. The van der Waals surface area contributed by atoms with E-state index < -0.39 is 4.92 Å². The molecule has 0 unspecified atom stereocenters. The number of rotatable bonds is 7. The third-order valence-electron chi connectivity index (χ3n) is 3.30. The van der Waals surface area contributed by atoms with Crippen molar-refractivity contribution in [2.45, 2.75) is 6.42 Å². The lowest BCUT2D eigenvalue weighted by Crippen LogP contribution is -2.26. The van der Waals surface area contributed by atoms with Gasteiger partial charge in [-0.3, -0.25) is 15.5 Å². The number of furan rings is 1. The Morgan fingerprint density at radius 1 is 1.23 bits per heavy atom. The molecule has 1 aromatic heterocycles. The van der Waals surface area contributed by atoms with Crippen LogP contribution in [-0.4, -0.2) is 48.3 Å². The van der Waals surface area contributed by atoms with Gasteiger partial charge in [-0.25, -0.2) is 0 Å². The topological polar surface area (TPSA) is 127 Å². The Labute approximate surface area is 164 Å². The second-order valence-electron chi connectivity index (χ2n) is 5.40. The largest absolute Gasteiger partial charge is 0.453 e. The summed E-state index contributed by atoms with van der Waals surface area (Å²) in [6, 6.07) is 9.69. The Balaban J connectivity index is 0. The zero-order valence-electron chi connectivity index (χ0n) is 14.5. The van der Waals surface area contributed by atoms with E-state index in [4.69, 9.17) is 9.83 Å². The van der Waals surface area contributed by atoms with Crippen LogP contribution < -0.4 is 5.32 Å². The van der Waals surface area contributed by atoms with Crippen LogP contribution in [0.5, 0.6) is 0 Å². The van der Waals surface area contributed by atoms with E-state index in [0.29, 0.717) is 23.6 Å². The van der Waals surface area contributed by atoms with Gasteiger partial charge in [-0.05, 0) is 45.3 Å². The number of nitrogens with one attached hydrogen (secondary N) is 2. The predicted molar refractivity (Wildman–Crippen MR) is 107 cm³/mol. The summed E-state index contributed by atoms with van der Waals surface area (Å²) < 4.78 is 5.60. The van der Waals surface area contributed by atoms with Crippen molar-refractivity contribution in [1.82, 2.24) is 10.2 Å². The summed E-state index contributed by atoms with van der Waals surface area (Å²) in [7, 11) is 3.99. The van der Waals surface area contributed by atoms with Crippen LogP contribution in [0.15, 0.2) is 40.8 Å². The van der Waals surface area contributed by atoms with Crippen molar-refractivity contribution in [2.75, 3.05) is 27.2 Å². The molecule has 10 heteroatoms. The molecule has 0 aliphatic carbocycles. The first kappa shape index (κ1) is 26.1. The highest BCUT2D eigenvalue weighted by atomic mass is 35.5. The first-order valence-electron chi connectivity index (χ1n) is 7.30. The average Bonchev–Trinajstić information content (AvgIpc) is 3.01. The maximum absolute atomic E-state index is 11.1. The Kier molecular flexibility index (Phi) is 12.3. The van der Waals surface area contributed by atoms with Gasteiger partial charge in [0.15, 0.2) is 11.6 Å². The molecule has 0 saturated heterocycles. The summed E-state index contributed by atoms with van der Waals surface area (Å²) in [6.45, 7) is 1.60. The van der Waals surface area contributed by atoms with Crippen molar-refractivity contribution in [3.8, 4) is 11.3 Å². The minimum atomic E-state index is -0.442. The summed E-state index contributed by atoms with van der Waals surface area (Å²) in [5, 5.41) is 22.0. The molecule has 1 aromatic carbocycles. The molecular formula is C16H24Cl2N4O4. The van der Waals surface area contributed by atoms with E-state index in [0.717, 1.165) is 13.0 Å². The van der Waals surface area contributed by atoms with Crippen LogP contribution in [0.25, 0.3) is 11.3 Å². The van der Waals surface area contributed by atoms with Gasteiger partial charge in [0.05, 0.1) is 10.5 Å². The van der Waals surface area contributed by atoms with Crippen LogP contribution in [0.1, 0.15) is 12.2 Å². The summed E-state index contributed by atoms with van der Waals surface area (Å²) >= 11 is 0. The quantitative estimate of drug-likeness (QED) is 0.240.